The molecule has 6 amide bonds. The molecule has 17 nitrogen and oxygen atoms in total. The Kier molecular flexibility index (Phi) is 357. The Morgan fingerprint density at radius 2 is 0.964 bits per heavy atom. The van der Waals surface area contributed by atoms with Crippen molar-refractivity contribution in [1.29, 1.82) is 0 Å². The van der Waals surface area contributed by atoms with E-state index in [0.717, 1.165) is 0 Å². The molecule has 0 rings (SSSR count). The molecule has 28 heavy (non-hydrogen) atoms. The largest absolute Gasteiger partial charge is 1.00 e. The van der Waals surface area contributed by atoms with Gasteiger partial charge in [-0.15, -0.1) is 0 Å². The topological polar surface area (TPSA) is 392 Å². The first-order valence-corrected chi connectivity index (χ1v) is 4.44. The number of hydrogen-bond donors (Lipinski definition) is 8. The van der Waals surface area contributed by atoms with Crippen molar-refractivity contribution in [2.45, 2.75) is 0 Å². The van der Waals surface area contributed by atoms with Crippen LogP contribution in [0.5, 0.6) is 0 Å². The van der Waals surface area contributed by atoms with Crippen molar-refractivity contribution < 1.29 is 178 Å². The zero-order valence-electron chi connectivity index (χ0n) is 16.8. The van der Waals surface area contributed by atoms with Gasteiger partial charge in [0.15, 0.2) is 0 Å². The molecule has 0 saturated heterocycles. The molecular formula is C4H23Cl3N8Na4O9. The maximum Gasteiger partial charge on any atom is 1.00 e. The number of amides is 6. The molecule has 0 aliphatic heterocycles. The first-order chi connectivity index (χ1) is 8.27. The van der Waals surface area contributed by atoms with Crippen LogP contribution in [0.2, 0.25) is 0 Å². The van der Waals surface area contributed by atoms with Crippen molar-refractivity contribution >= 4 is 46.3 Å². The van der Waals surface area contributed by atoms with Crippen LogP contribution < -0.4 is 182 Å². The second-order valence-electron chi connectivity index (χ2n) is 1.57. The van der Waals surface area contributed by atoms with E-state index in [1.165, 1.54) is 0 Å². The van der Waals surface area contributed by atoms with E-state index >= 15 is 0 Å². The van der Waals surface area contributed by atoms with Gasteiger partial charge in [-0.25, -0.2) is 25.2 Å². The van der Waals surface area contributed by atoms with E-state index < -0.39 is 18.1 Å². The summed E-state index contributed by atoms with van der Waals surface area (Å²) < 4.78 is 0. The van der Waals surface area contributed by atoms with Crippen LogP contribution in [0.1, 0.15) is 1.43 Å². The number of carbonyl (C=O) groups is 4. The maximum absolute atomic E-state index is 9.74. The fraction of sp³-hybridized carbons (Fsp3) is 0. The summed E-state index contributed by atoms with van der Waals surface area (Å²) >= 11 is 0. The smallest absolute Gasteiger partial charge is 1.00 e. The zero-order valence-corrected chi connectivity index (χ0v) is 26.1. The molecule has 0 spiro atoms. The van der Waals surface area contributed by atoms with Crippen molar-refractivity contribution in [3.8, 4) is 0 Å². The Hall–Kier alpha value is 1.91. The molecule has 21 N–H and O–H groups in total. The minimum absolute atomic E-state index is 0. The average Bonchev–Trinajstić information content (AvgIpc) is 2.29. The van der Waals surface area contributed by atoms with Crippen LogP contribution >= 0.6 is 21.7 Å². The molecule has 0 heterocycles. The Morgan fingerprint density at radius 1 is 0.857 bits per heavy atom. The predicted octanol–water partition coefficient (Wildman–Crippen LogP) is -19.3. The van der Waals surface area contributed by atoms with Gasteiger partial charge in [0.1, 0.15) is 0 Å². The van der Waals surface area contributed by atoms with Gasteiger partial charge in [0.25, 0.3) is 6.47 Å². The number of nitrogens with two attached hydrogens (primary N) is 4. The summed E-state index contributed by atoms with van der Waals surface area (Å²) in [6, 6.07) is -2.55. The van der Waals surface area contributed by atoms with Gasteiger partial charge in [0.05, 0.1) is 0 Å². The molecule has 0 bridgehead atoms. The molecule has 0 aromatic heterocycles. The van der Waals surface area contributed by atoms with Crippen molar-refractivity contribution in [1.82, 2.24) is 23.2 Å². The molecule has 158 valence electrons. The number of primary amides is 4. The Bertz CT molecular complexity index is 256. The Balaban J connectivity index is -0.00000000657. The van der Waals surface area contributed by atoms with Gasteiger partial charge < -0.3 is 75.6 Å². The normalized spacial score (nSPS) is 3.96. The first-order valence-electron chi connectivity index (χ1n) is 3.30. The van der Waals surface area contributed by atoms with E-state index in [9.17, 15) is 9.59 Å². The van der Waals surface area contributed by atoms with Crippen molar-refractivity contribution in [2.24, 2.45) is 22.9 Å². The molecule has 0 radical (unpaired) electrons. The number of nitrogens with one attached hydrogen (secondary N) is 2. The Morgan fingerprint density at radius 3 is 1.00 bits per heavy atom. The molecule has 0 fully saturated rings. The molecule has 0 aliphatic rings. The van der Waals surface area contributed by atoms with Crippen LogP contribution in [0.25, 0.3) is 0 Å². The minimum Gasteiger partial charge on any atom is -1.00 e. The van der Waals surface area contributed by atoms with Crippen LogP contribution in [0, 0.1) is 0 Å². The Labute approximate surface area is 266 Å². The number of rotatable bonds is 1. The zero-order chi connectivity index (χ0) is 15.6. The number of carbonyl (C=O) groups excluding carboxylic acids is 4. The number of hydrogen-bond acceptors (Lipinski definition) is 9. The summed E-state index contributed by atoms with van der Waals surface area (Å²) in [7, 11) is 8.22. The summed E-state index contributed by atoms with van der Waals surface area (Å²) in [4.78, 5) is 39.7. The number of halogens is 3. The third kappa shape index (κ3) is 323. The molecule has 0 unspecified atom stereocenters. The van der Waals surface area contributed by atoms with Gasteiger partial charge in [-0.3, -0.25) is 4.79 Å². The fourth-order valence-electron chi connectivity index (χ4n) is 0.123. The average molecular weight is 526 g/mol. The summed E-state index contributed by atoms with van der Waals surface area (Å²) in [5.74, 6) is 0. The van der Waals surface area contributed by atoms with E-state index in [-0.39, 0.29) is 167 Å². The second-order valence-corrected chi connectivity index (χ2v) is 1.57. The van der Waals surface area contributed by atoms with Crippen molar-refractivity contribution in [2.75, 3.05) is 0 Å². The molecule has 0 aliphatic carbocycles. The van der Waals surface area contributed by atoms with E-state index in [0.29, 0.717) is 0 Å². The van der Waals surface area contributed by atoms with E-state index in [1.54, 1.807) is 10.9 Å². The van der Waals surface area contributed by atoms with Crippen LogP contribution in [-0.4, -0.2) is 41.0 Å². The standard InChI is InChI=1S/C2H6N4O2.CH4N2O.CH2O3.Cl2.ClH.2H3N.4Na.3H2O.H/c3-1(7)5-6-2(4)8;2-1(3)4;2-1-4-3;1-2;;;;;;;;;;;/h(H3,3,5,7)(H3,4,6,8);(H4,2,3,4);1,3H;;1H;2*1H3;;;;;3*1H2;/q;;;;;;;4*+1;;;;-1/p-3. The second kappa shape index (κ2) is 101. The summed E-state index contributed by atoms with van der Waals surface area (Å²) in [5.41, 5.74) is 21.1. The van der Waals surface area contributed by atoms with Crippen LogP contribution in [0.15, 0.2) is 0 Å². The molecule has 24 heteroatoms. The van der Waals surface area contributed by atoms with Crippen LogP contribution in [0.4, 0.5) is 14.4 Å². The van der Waals surface area contributed by atoms with Crippen molar-refractivity contribution in [3.05, 3.63) is 0 Å². The maximum atomic E-state index is 9.74. The van der Waals surface area contributed by atoms with Crippen LogP contribution in [0.3, 0.4) is 0 Å². The first kappa shape index (κ1) is 98.8. The van der Waals surface area contributed by atoms with Gasteiger partial charge in [-0.05, 0) is 0 Å². The van der Waals surface area contributed by atoms with E-state index in [4.69, 9.17) is 14.8 Å². The van der Waals surface area contributed by atoms with Crippen LogP contribution in [-0.2, 0) is 9.68 Å². The van der Waals surface area contributed by atoms with E-state index in [2.05, 4.69) is 49.5 Å². The summed E-state index contributed by atoms with van der Waals surface area (Å²) in [6.45, 7) is -0.181. The molecule has 0 atom stereocenters. The van der Waals surface area contributed by atoms with Gasteiger partial charge in [0.2, 0.25) is 0 Å². The van der Waals surface area contributed by atoms with Gasteiger partial charge in [-0.2, -0.15) is 0 Å². The summed E-state index contributed by atoms with van der Waals surface area (Å²) in [5, 5.41) is 8.43. The predicted molar refractivity (Wildman–Crippen MR) is 78.4 cm³/mol. The molecular weight excluding hydrogens is 502 g/mol. The summed E-state index contributed by atoms with van der Waals surface area (Å²) in [6.07, 6.45) is 0. The SMILES string of the molecule is ClCl.N.N.NC(=O)NNC(N)=O.NC(N)=O.O.O.O=CO[O-].[Cl-].[H-].[Na+].[Na+].[Na+].[Na+].[OH-]. The van der Waals surface area contributed by atoms with E-state index in [1.807, 2.05) is 0 Å². The monoisotopic (exact) mass is 524 g/mol. The fourth-order valence-corrected chi connectivity index (χ4v) is 0.123. The van der Waals surface area contributed by atoms with Gasteiger partial charge in [0, 0.05) is 21.7 Å². The quantitative estimate of drug-likeness (QED) is 0.0695. The molecule has 0 aromatic rings. The van der Waals surface area contributed by atoms with Crippen molar-refractivity contribution in [3.63, 3.8) is 0 Å². The van der Waals surface area contributed by atoms with Gasteiger partial charge in [-0.1, -0.05) is 0 Å². The third-order valence-electron chi connectivity index (χ3n) is 0.348. The van der Waals surface area contributed by atoms with Gasteiger partial charge >= 0.3 is 136 Å². The third-order valence-corrected chi connectivity index (χ3v) is 0.348. The molecule has 0 saturated carbocycles. The molecule has 0 aromatic carbocycles. The minimum atomic E-state index is -0.858. The number of urea groups is 3. The number of hydrazine groups is 1.